The minimum atomic E-state index is -0.504. The number of ether oxygens (including phenoxy) is 1. The van der Waals surface area contributed by atoms with E-state index in [1.54, 1.807) is 36.8 Å². The molecule has 4 heterocycles. The number of carbonyl (C=O) groups excluding carboxylic acids is 1. The zero-order valence-corrected chi connectivity index (χ0v) is 17.2. The van der Waals surface area contributed by atoms with Crippen molar-refractivity contribution in [1.82, 2.24) is 19.9 Å². The van der Waals surface area contributed by atoms with Crippen molar-refractivity contribution in [3.8, 4) is 17.3 Å². The number of pyridine rings is 1. The summed E-state index contributed by atoms with van der Waals surface area (Å²) in [5.41, 5.74) is 1.49. The van der Waals surface area contributed by atoms with Gasteiger partial charge in [0, 0.05) is 31.2 Å². The number of amides is 1. The van der Waals surface area contributed by atoms with Crippen LogP contribution in [0.5, 0.6) is 5.88 Å². The summed E-state index contributed by atoms with van der Waals surface area (Å²) in [4.78, 5) is 28.2. The lowest BCUT2D eigenvalue weighted by atomic mass is 9.77. The zero-order valence-electron chi connectivity index (χ0n) is 17.2. The van der Waals surface area contributed by atoms with Gasteiger partial charge in [-0.3, -0.25) is 4.79 Å². The Labute approximate surface area is 180 Å². The SMILES string of the molecule is Cc1ccc(O[C@@H]2C[C@H]3CC[C@@H]2N(C(=O)c2cccc(F)c2-c2ncccn2)C3)nc1. The Morgan fingerprint density at radius 1 is 1.10 bits per heavy atom. The van der Waals surface area contributed by atoms with E-state index in [-0.39, 0.29) is 35.0 Å². The normalized spacial score (nSPS) is 22.4. The monoisotopic (exact) mass is 418 g/mol. The molecule has 2 aromatic heterocycles. The lowest BCUT2D eigenvalue weighted by Crippen LogP contribution is -2.59. The van der Waals surface area contributed by atoms with E-state index in [0.29, 0.717) is 18.3 Å². The highest BCUT2D eigenvalue weighted by atomic mass is 19.1. The Balaban J connectivity index is 1.45. The van der Waals surface area contributed by atoms with Gasteiger partial charge in [0.2, 0.25) is 5.88 Å². The van der Waals surface area contributed by atoms with Crippen molar-refractivity contribution >= 4 is 5.91 Å². The predicted molar refractivity (Wildman–Crippen MR) is 113 cm³/mol. The molecule has 1 aliphatic carbocycles. The molecule has 6 rings (SSSR count). The number of nitrogens with zero attached hydrogens (tertiary/aromatic N) is 4. The van der Waals surface area contributed by atoms with Gasteiger partial charge in [0.25, 0.3) is 5.91 Å². The van der Waals surface area contributed by atoms with E-state index in [9.17, 15) is 9.18 Å². The highest BCUT2D eigenvalue weighted by Gasteiger charge is 2.45. The Kier molecular flexibility index (Phi) is 5.10. The minimum absolute atomic E-state index is 0.0755. The van der Waals surface area contributed by atoms with Gasteiger partial charge in [0.05, 0.1) is 17.2 Å². The van der Waals surface area contributed by atoms with E-state index in [2.05, 4.69) is 15.0 Å². The molecule has 2 aliphatic heterocycles. The molecule has 0 radical (unpaired) electrons. The average Bonchev–Trinajstić information content (AvgIpc) is 2.81. The quantitative estimate of drug-likeness (QED) is 0.639. The van der Waals surface area contributed by atoms with Crippen LogP contribution < -0.4 is 4.74 Å². The van der Waals surface area contributed by atoms with Crippen LogP contribution in [0.15, 0.2) is 55.0 Å². The standard InChI is InChI=1S/C24H23FN4O2/c1-15-6-9-21(28-13-15)31-20-12-16-7-8-19(20)29(14-16)24(30)17-4-2-5-18(25)22(17)23-26-10-3-11-27-23/h2-6,9-11,13,16,19-20H,7-8,12,14H2,1H3/t16-,19+,20-/m1/s1. The maximum Gasteiger partial charge on any atom is 0.255 e. The van der Waals surface area contributed by atoms with Gasteiger partial charge in [-0.15, -0.1) is 0 Å². The fourth-order valence-electron chi connectivity index (χ4n) is 4.68. The maximum atomic E-state index is 14.8. The Hall–Kier alpha value is -3.35. The van der Waals surface area contributed by atoms with E-state index in [4.69, 9.17) is 4.74 Å². The van der Waals surface area contributed by atoms with Crippen molar-refractivity contribution in [2.24, 2.45) is 5.92 Å². The van der Waals surface area contributed by atoms with Crippen molar-refractivity contribution in [2.45, 2.75) is 38.3 Å². The number of piperidine rings is 2. The summed E-state index contributed by atoms with van der Waals surface area (Å²) in [5.74, 6) is 0.425. The van der Waals surface area contributed by atoms with Crippen LogP contribution in [-0.2, 0) is 0 Å². The number of benzene rings is 1. The lowest BCUT2D eigenvalue weighted by molar-refractivity contribution is -0.0313. The topological polar surface area (TPSA) is 68.2 Å². The molecule has 2 bridgehead atoms. The second-order valence-corrected chi connectivity index (χ2v) is 8.27. The highest BCUT2D eigenvalue weighted by molar-refractivity contribution is 6.00. The molecule has 7 heteroatoms. The van der Waals surface area contributed by atoms with Gasteiger partial charge >= 0.3 is 0 Å². The maximum absolute atomic E-state index is 14.8. The Morgan fingerprint density at radius 2 is 1.94 bits per heavy atom. The Morgan fingerprint density at radius 3 is 2.68 bits per heavy atom. The van der Waals surface area contributed by atoms with Gasteiger partial charge in [-0.1, -0.05) is 12.1 Å². The van der Waals surface area contributed by atoms with Crippen LogP contribution in [0.4, 0.5) is 4.39 Å². The van der Waals surface area contributed by atoms with Gasteiger partial charge in [-0.2, -0.15) is 0 Å². The molecule has 31 heavy (non-hydrogen) atoms. The van der Waals surface area contributed by atoms with Crippen LogP contribution in [0.3, 0.4) is 0 Å². The molecule has 3 atom stereocenters. The number of carbonyl (C=O) groups is 1. The molecular formula is C24H23FN4O2. The van der Waals surface area contributed by atoms with Crippen molar-refractivity contribution < 1.29 is 13.9 Å². The first-order valence-corrected chi connectivity index (χ1v) is 10.6. The number of hydrogen-bond donors (Lipinski definition) is 0. The molecule has 3 aliphatic rings. The lowest BCUT2D eigenvalue weighted by Gasteiger charge is -2.49. The molecule has 1 saturated carbocycles. The molecule has 6 nitrogen and oxygen atoms in total. The number of hydrogen-bond acceptors (Lipinski definition) is 5. The third-order valence-electron chi connectivity index (χ3n) is 6.17. The first kappa shape index (κ1) is 19.6. The van der Waals surface area contributed by atoms with Gasteiger partial charge in [0.1, 0.15) is 11.9 Å². The van der Waals surface area contributed by atoms with Crippen LogP contribution in [0.1, 0.15) is 35.2 Å². The van der Waals surface area contributed by atoms with E-state index in [0.717, 1.165) is 24.8 Å². The summed E-state index contributed by atoms with van der Waals surface area (Å²) >= 11 is 0. The predicted octanol–water partition coefficient (Wildman–Crippen LogP) is 4.06. The summed E-state index contributed by atoms with van der Waals surface area (Å²) in [6, 6.07) is 9.95. The summed E-state index contributed by atoms with van der Waals surface area (Å²) in [7, 11) is 0. The van der Waals surface area contributed by atoms with Gasteiger partial charge in [0.15, 0.2) is 5.82 Å². The van der Waals surface area contributed by atoms with Crippen LogP contribution in [0.25, 0.3) is 11.4 Å². The van der Waals surface area contributed by atoms with Gasteiger partial charge in [-0.05, 0) is 55.9 Å². The molecule has 1 aromatic carbocycles. The molecular weight excluding hydrogens is 395 g/mol. The number of aryl methyl sites for hydroxylation is 1. The zero-order chi connectivity index (χ0) is 21.4. The van der Waals surface area contributed by atoms with E-state index < -0.39 is 5.82 Å². The van der Waals surface area contributed by atoms with E-state index in [1.807, 2.05) is 24.0 Å². The fourth-order valence-corrected chi connectivity index (χ4v) is 4.68. The number of aromatic nitrogens is 3. The Bertz CT molecular complexity index is 1090. The summed E-state index contributed by atoms with van der Waals surface area (Å²) < 4.78 is 21.0. The smallest absolute Gasteiger partial charge is 0.255 e. The highest BCUT2D eigenvalue weighted by Crippen LogP contribution is 2.38. The minimum Gasteiger partial charge on any atom is -0.472 e. The van der Waals surface area contributed by atoms with Gasteiger partial charge in [-0.25, -0.2) is 19.3 Å². The number of rotatable bonds is 4. The third-order valence-corrected chi connectivity index (χ3v) is 6.17. The van der Waals surface area contributed by atoms with Crippen LogP contribution in [-0.4, -0.2) is 44.4 Å². The number of fused-ring (bicyclic) bond motifs is 3. The first-order chi connectivity index (χ1) is 15.1. The molecule has 0 N–H and O–H groups in total. The second kappa shape index (κ2) is 8.06. The van der Waals surface area contributed by atoms with Crippen LogP contribution in [0.2, 0.25) is 0 Å². The van der Waals surface area contributed by atoms with Crippen molar-refractivity contribution in [1.29, 1.82) is 0 Å². The molecule has 0 spiro atoms. The second-order valence-electron chi connectivity index (χ2n) is 8.27. The van der Waals surface area contributed by atoms with Crippen LogP contribution in [0, 0.1) is 18.7 Å². The average molecular weight is 418 g/mol. The van der Waals surface area contributed by atoms with E-state index >= 15 is 0 Å². The molecule has 0 unspecified atom stereocenters. The molecule has 2 saturated heterocycles. The largest absolute Gasteiger partial charge is 0.472 e. The summed E-state index contributed by atoms with van der Waals surface area (Å²) in [5, 5.41) is 0. The van der Waals surface area contributed by atoms with Crippen molar-refractivity contribution in [3.05, 3.63) is 71.9 Å². The van der Waals surface area contributed by atoms with Crippen LogP contribution >= 0.6 is 0 Å². The summed E-state index contributed by atoms with van der Waals surface area (Å²) in [6.45, 7) is 2.63. The molecule has 158 valence electrons. The fraction of sp³-hybridized carbons (Fsp3) is 0.333. The molecule has 3 fully saturated rings. The van der Waals surface area contributed by atoms with E-state index in [1.165, 1.54) is 6.07 Å². The molecule has 3 aromatic rings. The van der Waals surface area contributed by atoms with Gasteiger partial charge < -0.3 is 9.64 Å². The first-order valence-electron chi connectivity index (χ1n) is 10.6. The van der Waals surface area contributed by atoms with Crippen molar-refractivity contribution in [3.63, 3.8) is 0 Å². The third kappa shape index (κ3) is 3.76. The summed E-state index contributed by atoms with van der Waals surface area (Å²) in [6.07, 6.45) is 7.55. The number of halogens is 1. The molecule has 1 amide bonds. The van der Waals surface area contributed by atoms with Crippen molar-refractivity contribution in [2.75, 3.05) is 6.54 Å².